The summed E-state index contributed by atoms with van der Waals surface area (Å²) in [6.45, 7) is 0.709. The minimum Gasteiger partial charge on any atom is -0.494 e. The Labute approximate surface area is 145 Å². The maximum atomic E-state index is 12.5. The molecule has 2 aromatic rings. The molecule has 2 aromatic carbocycles. The molecule has 1 amide bonds. The molecule has 2 rings (SSSR count). The highest BCUT2D eigenvalue weighted by Gasteiger charge is 2.29. The van der Waals surface area contributed by atoms with E-state index >= 15 is 0 Å². The lowest BCUT2D eigenvalue weighted by molar-refractivity contribution is -0.137. The number of ether oxygens (including phenoxy) is 1. The number of hydrogen-bond acceptors (Lipinski definition) is 2. The third kappa shape index (κ3) is 6.14. The van der Waals surface area contributed by atoms with Gasteiger partial charge in [-0.25, -0.2) is 0 Å². The Balaban J connectivity index is 1.74. The van der Waals surface area contributed by atoms with Gasteiger partial charge in [-0.1, -0.05) is 30.3 Å². The van der Waals surface area contributed by atoms with Gasteiger partial charge in [0.15, 0.2) is 0 Å². The Bertz CT molecular complexity index is 669. The third-order valence-corrected chi connectivity index (χ3v) is 3.67. The van der Waals surface area contributed by atoms with Gasteiger partial charge in [-0.2, -0.15) is 13.2 Å². The zero-order valence-corrected chi connectivity index (χ0v) is 13.9. The Morgan fingerprint density at radius 1 is 1.04 bits per heavy atom. The molecule has 0 N–H and O–H groups in total. The van der Waals surface area contributed by atoms with E-state index in [0.717, 1.165) is 17.9 Å². The number of halogens is 3. The van der Waals surface area contributed by atoms with E-state index in [1.54, 1.807) is 7.05 Å². The van der Waals surface area contributed by atoms with E-state index < -0.39 is 11.7 Å². The van der Waals surface area contributed by atoms with Gasteiger partial charge in [0.2, 0.25) is 5.91 Å². The lowest BCUT2D eigenvalue weighted by Crippen LogP contribution is -2.26. The second-order valence-electron chi connectivity index (χ2n) is 5.71. The Kier molecular flexibility index (Phi) is 6.44. The molecule has 0 spiro atoms. The molecule has 0 aliphatic heterocycles. The molecule has 0 aromatic heterocycles. The molecule has 0 radical (unpaired) electrons. The number of carbonyl (C=O) groups is 1. The molecule has 0 saturated carbocycles. The average Bonchev–Trinajstić information content (AvgIpc) is 2.59. The largest absolute Gasteiger partial charge is 0.494 e. The van der Waals surface area contributed by atoms with Gasteiger partial charge in [-0.3, -0.25) is 4.79 Å². The van der Waals surface area contributed by atoms with Gasteiger partial charge >= 0.3 is 6.18 Å². The highest BCUT2D eigenvalue weighted by Crippen LogP contribution is 2.29. The molecule has 0 atom stereocenters. The van der Waals surface area contributed by atoms with Crippen molar-refractivity contribution >= 4 is 5.91 Å². The van der Waals surface area contributed by atoms with Crippen LogP contribution < -0.4 is 4.74 Å². The van der Waals surface area contributed by atoms with E-state index in [1.807, 2.05) is 30.3 Å². The van der Waals surface area contributed by atoms with Gasteiger partial charge in [-0.15, -0.1) is 0 Å². The molecule has 134 valence electrons. The number of nitrogens with zero attached hydrogens (tertiary/aromatic N) is 1. The zero-order chi connectivity index (χ0) is 18.3. The summed E-state index contributed by atoms with van der Waals surface area (Å²) in [5.74, 6) is 0.685. The predicted octanol–water partition coefficient (Wildman–Crippen LogP) is 4.52. The maximum absolute atomic E-state index is 12.5. The number of carbonyl (C=O) groups excluding carboxylic acids is 1. The predicted molar refractivity (Wildman–Crippen MR) is 89.1 cm³/mol. The first-order valence-corrected chi connectivity index (χ1v) is 7.94. The molecule has 0 aliphatic rings. The number of benzene rings is 2. The van der Waals surface area contributed by atoms with Crippen LogP contribution in [0.25, 0.3) is 0 Å². The van der Waals surface area contributed by atoms with Crippen LogP contribution in [0.4, 0.5) is 13.2 Å². The molecule has 3 nitrogen and oxygen atoms in total. The number of amides is 1. The first-order valence-electron chi connectivity index (χ1n) is 7.94. The SMILES string of the molecule is CN(Cc1ccc(C(F)(F)F)cc1)C(=O)CCCOc1ccccc1. The lowest BCUT2D eigenvalue weighted by Gasteiger charge is -2.18. The number of hydrogen-bond donors (Lipinski definition) is 0. The number of para-hydroxylation sites is 1. The fourth-order valence-corrected chi connectivity index (χ4v) is 2.28. The lowest BCUT2D eigenvalue weighted by atomic mass is 10.1. The van der Waals surface area contributed by atoms with Crippen LogP contribution in [0.3, 0.4) is 0 Å². The van der Waals surface area contributed by atoms with Crippen molar-refractivity contribution in [2.24, 2.45) is 0 Å². The second-order valence-corrected chi connectivity index (χ2v) is 5.71. The average molecular weight is 351 g/mol. The van der Waals surface area contributed by atoms with E-state index in [4.69, 9.17) is 4.74 Å². The Morgan fingerprint density at radius 2 is 1.68 bits per heavy atom. The summed E-state index contributed by atoms with van der Waals surface area (Å²) in [4.78, 5) is 13.6. The quantitative estimate of drug-likeness (QED) is 0.686. The molecule has 6 heteroatoms. The van der Waals surface area contributed by atoms with Gasteiger partial charge in [-0.05, 0) is 36.2 Å². The third-order valence-electron chi connectivity index (χ3n) is 3.67. The van der Waals surface area contributed by atoms with Crippen LogP contribution >= 0.6 is 0 Å². The van der Waals surface area contributed by atoms with E-state index in [1.165, 1.54) is 17.0 Å². The van der Waals surface area contributed by atoms with Crippen molar-refractivity contribution < 1.29 is 22.7 Å². The summed E-state index contributed by atoms with van der Waals surface area (Å²) < 4.78 is 43.1. The summed E-state index contributed by atoms with van der Waals surface area (Å²) in [6, 6.07) is 14.2. The van der Waals surface area contributed by atoms with Crippen molar-refractivity contribution in [2.75, 3.05) is 13.7 Å². The molecular weight excluding hydrogens is 331 g/mol. The normalized spacial score (nSPS) is 11.2. The van der Waals surface area contributed by atoms with Crippen LogP contribution in [0, 0.1) is 0 Å². The summed E-state index contributed by atoms with van der Waals surface area (Å²) in [7, 11) is 1.64. The fraction of sp³-hybridized carbons (Fsp3) is 0.316. The summed E-state index contributed by atoms with van der Waals surface area (Å²) in [6.07, 6.45) is -3.45. The van der Waals surface area contributed by atoms with E-state index in [2.05, 4.69) is 0 Å². The van der Waals surface area contributed by atoms with Crippen LogP contribution in [0.15, 0.2) is 54.6 Å². The zero-order valence-electron chi connectivity index (χ0n) is 13.9. The van der Waals surface area contributed by atoms with Gasteiger partial charge in [0.25, 0.3) is 0 Å². The first-order chi connectivity index (χ1) is 11.9. The molecule has 0 heterocycles. The van der Waals surface area contributed by atoms with Gasteiger partial charge in [0.05, 0.1) is 12.2 Å². The fourth-order valence-electron chi connectivity index (χ4n) is 2.28. The van der Waals surface area contributed by atoms with E-state index in [9.17, 15) is 18.0 Å². The molecule has 0 unspecified atom stereocenters. The molecule has 0 bridgehead atoms. The molecular formula is C19H20F3NO2. The van der Waals surface area contributed by atoms with Gasteiger partial charge in [0.1, 0.15) is 5.75 Å². The smallest absolute Gasteiger partial charge is 0.416 e. The summed E-state index contributed by atoms with van der Waals surface area (Å²) in [5.41, 5.74) is -0.0346. The van der Waals surface area contributed by atoms with Crippen molar-refractivity contribution in [3.8, 4) is 5.75 Å². The van der Waals surface area contributed by atoms with Crippen molar-refractivity contribution in [3.63, 3.8) is 0 Å². The highest BCUT2D eigenvalue weighted by atomic mass is 19.4. The summed E-state index contributed by atoms with van der Waals surface area (Å²) >= 11 is 0. The second kappa shape index (κ2) is 8.55. The topological polar surface area (TPSA) is 29.5 Å². The van der Waals surface area contributed by atoms with Crippen molar-refractivity contribution in [1.82, 2.24) is 4.90 Å². The monoisotopic (exact) mass is 351 g/mol. The van der Waals surface area contributed by atoms with Crippen molar-refractivity contribution in [1.29, 1.82) is 0 Å². The first kappa shape index (κ1) is 18.8. The van der Waals surface area contributed by atoms with Crippen LogP contribution in [0.5, 0.6) is 5.75 Å². The number of alkyl halides is 3. The minimum atomic E-state index is -4.35. The molecule has 25 heavy (non-hydrogen) atoms. The molecule has 0 aliphatic carbocycles. The molecule has 0 fully saturated rings. The van der Waals surface area contributed by atoms with Crippen LogP contribution in [0.1, 0.15) is 24.0 Å². The minimum absolute atomic E-state index is 0.0726. The number of rotatable bonds is 7. The van der Waals surface area contributed by atoms with Crippen molar-refractivity contribution in [3.05, 3.63) is 65.7 Å². The van der Waals surface area contributed by atoms with Crippen LogP contribution in [0.2, 0.25) is 0 Å². The standard InChI is InChI=1S/C19H20F3NO2/c1-23(14-15-9-11-16(12-10-15)19(20,21)22)18(24)8-5-13-25-17-6-3-2-4-7-17/h2-4,6-7,9-12H,5,8,13-14H2,1H3. The van der Waals surface area contributed by atoms with Gasteiger partial charge < -0.3 is 9.64 Å². The maximum Gasteiger partial charge on any atom is 0.416 e. The molecule has 0 saturated heterocycles. The van der Waals surface area contributed by atoms with Crippen LogP contribution in [-0.2, 0) is 17.5 Å². The Morgan fingerprint density at radius 3 is 2.28 bits per heavy atom. The van der Waals surface area contributed by atoms with E-state index in [-0.39, 0.29) is 12.5 Å². The summed E-state index contributed by atoms with van der Waals surface area (Å²) in [5, 5.41) is 0. The highest BCUT2D eigenvalue weighted by molar-refractivity contribution is 5.75. The van der Waals surface area contributed by atoms with Gasteiger partial charge in [0, 0.05) is 20.0 Å². The Hall–Kier alpha value is -2.50. The van der Waals surface area contributed by atoms with Crippen molar-refractivity contribution in [2.45, 2.75) is 25.6 Å². The van der Waals surface area contributed by atoms with E-state index in [0.29, 0.717) is 25.0 Å². The van der Waals surface area contributed by atoms with Crippen LogP contribution in [-0.4, -0.2) is 24.5 Å².